The first-order valence-corrected chi connectivity index (χ1v) is 11.6. The lowest BCUT2D eigenvalue weighted by Gasteiger charge is -2.22. The number of nitrogens with two attached hydrogens (primary N) is 1. The van der Waals surface area contributed by atoms with Crippen LogP contribution in [0.3, 0.4) is 0 Å². The second-order valence-electron chi connectivity index (χ2n) is 8.44. The van der Waals surface area contributed by atoms with E-state index < -0.39 is 17.7 Å². The Morgan fingerprint density at radius 2 is 1.57 bits per heavy atom. The number of Topliss-reactive ketones (excluding diaryl/α,β-unsaturated/α-hetero) is 2. The van der Waals surface area contributed by atoms with Gasteiger partial charge in [-0.05, 0) is 47.4 Å². The van der Waals surface area contributed by atoms with Crippen molar-refractivity contribution in [3.63, 3.8) is 0 Å². The van der Waals surface area contributed by atoms with Crippen molar-refractivity contribution in [2.24, 2.45) is 5.73 Å². The molecule has 0 radical (unpaired) electrons. The van der Waals surface area contributed by atoms with Crippen LogP contribution in [0.2, 0.25) is 0 Å². The average Bonchev–Trinajstić information content (AvgIpc) is 2.93. The third kappa shape index (κ3) is 5.05. The number of amides is 1. The quantitative estimate of drug-likeness (QED) is 0.360. The largest absolute Gasteiger partial charge is 0.489 e. The fourth-order valence-electron chi connectivity index (χ4n) is 4.35. The van der Waals surface area contributed by atoms with Gasteiger partial charge in [0.15, 0.2) is 0 Å². The Morgan fingerprint density at radius 1 is 0.919 bits per heavy atom. The molecule has 2 aromatic carbocycles. The van der Waals surface area contributed by atoms with Crippen molar-refractivity contribution in [1.82, 2.24) is 10.3 Å². The lowest BCUT2D eigenvalue weighted by Crippen LogP contribution is -2.34. The summed E-state index contributed by atoms with van der Waals surface area (Å²) in [6.07, 6.45) is 2.64. The highest BCUT2D eigenvalue weighted by atomic mass is 16.5. The van der Waals surface area contributed by atoms with Crippen LogP contribution in [0.25, 0.3) is 11.1 Å². The van der Waals surface area contributed by atoms with Crippen molar-refractivity contribution in [2.45, 2.75) is 19.5 Å². The lowest BCUT2D eigenvalue weighted by molar-refractivity contribution is -0.121. The fraction of sp³-hybridized carbons (Fsp3) is 0.172. The molecule has 0 aliphatic heterocycles. The molecule has 1 atom stereocenters. The van der Waals surface area contributed by atoms with E-state index in [4.69, 9.17) is 15.2 Å². The van der Waals surface area contributed by atoms with Gasteiger partial charge in [-0.25, -0.2) is 0 Å². The molecule has 1 heterocycles. The normalized spacial score (nSPS) is 14.5. The number of allylic oxidation sites excluding steroid dienone is 2. The standard InChI is InChI=1S/C29H27N3O5/c1-17-22(25(34)27(37-3)26(36-2)24(17)33)16-20-10-7-11-21(23(20)18-12-14-31-15-13-18)29(35)32-28(30)19-8-5-4-6-9-19/h4-15,28H,16,30H2,1-3H3,(H,32,35)/t28-/m1/s1. The van der Waals surface area contributed by atoms with Gasteiger partial charge in [0, 0.05) is 35.5 Å². The van der Waals surface area contributed by atoms with Crippen LogP contribution in [-0.4, -0.2) is 36.7 Å². The minimum Gasteiger partial charge on any atom is -0.489 e. The van der Waals surface area contributed by atoms with E-state index in [-0.39, 0.29) is 35.0 Å². The van der Waals surface area contributed by atoms with Gasteiger partial charge in [0.25, 0.3) is 5.91 Å². The fourth-order valence-corrected chi connectivity index (χ4v) is 4.35. The summed E-state index contributed by atoms with van der Waals surface area (Å²) in [6, 6.07) is 18.1. The molecule has 0 saturated carbocycles. The minimum atomic E-state index is -0.716. The summed E-state index contributed by atoms with van der Waals surface area (Å²) in [5.74, 6) is -1.48. The van der Waals surface area contributed by atoms with E-state index in [1.54, 1.807) is 43.6 Å². The highest BCUT2D eigenvalue weighted by Gasteiger charge is 2.35. The maximum absolute atomic E-state index is 13.4. The molecule has 0 spiro atoms. The minimum absolute atomic E-state index is 0.101. The van der Waals surface area contributed by atoms with E-state index in [9.17, 15) is 14.4 Å². The van der Waals surface area contributed by atoms with Crippen molar-refractivity contribution < 1.29 is 23.9 Å². The summed E-state index contributed by atoms with van der Waals surface area (Å²) in [6.45, 7) is 1.59. The van der Waals surface area contributed by atoms with E-state index in [0.717, 1.165) is 11.1 Å². The number of benzene rings is 2. The first-order valence-electron chi connectivity index (χ1n) is 11.6. The molecule has 0 unspecified atom stereocenters. The zero-order valence-corrected chi connectivity index (χ0v) is 20.8. The Balaban J connectivity index is 1.77. The van der Waals surface area contributed by atoms with Gasteiger partial charge < -0.3 is 20.5 Å². The molecule has 1 aromatic heterocycles. The maximum Gasteiger partial charge on any atom is 0.253 e. The molecule has 1 aliphatic rings. The number of pyridine rings is 1. The third-order valence-corrected chi connectivity index (χ3v) is 6.27. The number of hydrogen-bond donors (Lipinski definition) is 2. The number of methoxy groups -OCH3 is 2. The Hall–Kier alpha value is -4.56. The molecule has 0 saturated heterocycles. The Bertz CT molecular complexity index is 1410. The summed E-state index contributed by atoms with van der Waals surface area (Å²) in [5.41, 5.74) is 9.96. The van der Waals surface area contributed by atoms with Crippen LogP contribution in [0.15, 0.2) is 95.7 Å². The number of ketones is 2. The van der Waals surface area contributed by atoms with Gasteiger partial charge in [0.1, 0.15) is 6.17 Å². The molecule has 8 heteroatoms. The van der Waals surface area contributed by atoms with Crippen LogP contribution in [-0.2, 0) is 25.5 Å². The molecule has 3 N–H and O–H groups in total. The third-order valence-electron chi connectivity index (χ3n) is 6.27. The van der Waals surface area contributed by atoms with Crippen molar-refractivity contribution in [2.75, 3.05) is 14.2 Å². The highest BCUT2D eigenvalue weighted by molar-refractivity contribution is 6.23. The van der Waals surface area contributed by atoms with Crippen molar-refractivity contribution in [3.05, 3.63) is 112 Å². The molecule has 8 nitrogen and oxygen atoms in total. The molecule has 0 fully saturated rings. The topological polar surface area (TPSA) is 121 Å². The molecular weight excluding hydrogens is 470 g/mol. The molecule has 1 amide bonds. The summed E-state index contributed by atoms with van der Waals surface area (Å²) in [4.78, 5) is 43.7. The van der Waals surface area contributed by atoms with Crippen molar-refractivity contribution in [3.8, 4) is 11.1 Å². The maximum atomic E-state index is 13.4. The van der Waals surface area contributed by atoms with Gasteiger partial charge in [0.2, 0.25) is 23.1 Å². The predicted molar refractivity (Wildman–Crippen MR) is 138 cm³/mol. The number of carbonyl (C=O) groups excluding carboxylic acids is 3. The van der Waals surface area contributed by atoms with Crippen molar-refractivity contribution >= 4 is 17.5 Å². The Morgan fingerprint density at radius 3 is 2.22 bits per heavy atom. The van der Waals surface area contributed by atoms with Crippen LogP contribution in [0.1, 0.15) is 34.6 Å². The van der Waals surface area contributed by atoms with Gasteiger partial charge in [-0.15, -0.1) is 0 Å². The average molecular weight is 498 g/mol. The van der Waals surface area contributed by atoms with Crippen LogP contribution >= 0.6 is 0 Å². The number of aromatic nitrogens is 1. The molecular formula is C29H27N3O5. The summed E-state index contributed by atoms with van der Waals surface area (Å²) >= 11 is 0. The van der Waals surface area contributed by atoms with Crippen LogP contribution in [0, 0.1) is 0 Å². The van der Waals surface area contributed by atoms with Gasteiger partial charge in [0.05, 0.1) is 14.2 Å². The smallest absolute Gasteiger partial charge is 0.253 e. The second-order valence-corrected chi connectivity index (χ2v) is 8.44. The molecule has 37 heavy (non-hydrogen) atoms. The van der Waals surface area contributed by atoms with Crippen molar-refractivity contribution in [1.29, 1.82) is 0 Å². The van der Waals surface area contributed by atoms with Crippen LogP contribution in [0.5, 0.6) is 0 Å². The molecule has 0 bridgehead atoms. The van der Waals surface area contributed by atoms with E-state index in [1.165, 1.54) is 14.2 Å². The molecule has 1 aliphatic carbocycles. The van der Waals surface area contributed by atoms with Gasteiger partial charge >= 0.3 is 0 Å². The lowest BCUT2D eigenvalue weighted by atomic mass is 9.85. The number of nitrogens with zero attached hydrogens (tertiary/aromatic N) is 1. The number of carbonyl (C=O) groups is 3. The van der Waals surface area contributed by atoms with Gasteiger partial charge in [-0.1, -0.05) is 42.5 Å². The zero-order chi connectivity index (χ0) is 26.5. The monoisotopic (exact) mass is 497 g/mol. The van der Waals surface area contributed by atoms with E-state index >= 15 is 0 Å². The van der Waals surface area contributed by atoms with E-state index in [0.29, 0.717) is 16.7 Å². The first-order chi connectivity index (χ1) is 17.9. The summed E-state index contributed by atoms with van der Waals surface area (Å²) in [5, 5.41) is 2.85. The number of ether oxygens (including phenoxy) is 2. The number of hydrogen-bond acceptors (Lipinski definition) is 7. The SMILES string of the molecule is COC1=C(OC)C(=O)C(Cc2cccc(C(=O)N[C@@H](N)c3ccccc3)c2-c2ccncc2)=C(C)C1=O. The first kappa shape index (κ1) is 25.5. The van der Waals surface area contributed by atoms with Gasteiger partial charge in [-0.3, -0.25) is 19.4 Å². The van der Waals surface area contributed by atoms with E-state index in [1.807, 2.05) is 36.4 Å². The predicted octanol–water partition coefficient (Wildman–Crippen LogP) is 3.65. The summed E-state index contributed by atoms with van der Waals surface area (Å²) < 4.78 is 10.4. The zero-order valence-electron chi connectivity index (χ0n) is 20.8. The molecule has 3 aromatic rings. The van der Waals surface area contributed by atoms with Gasteiger partial charge in [-0.2, -0.15) is 0 Å². The Labute approximate surface area is 214 Å². The van der Waals surface area contributed by atoms with E-state index in [2.05, 4.69) is 10.3 Å². The highest BCUT2D eigenvalue weighted by Crippen LogP contribution is 2.33. The molecule has 4 rings (SSSR count). The second kappa shape index (κ2) is 11.0. The van der Waals surface area contributed by atoms with Crippen LogP contribution < -0.4 is 11.1 Å². The molecule has 188 valence electrons. The van der Waals surface area contributed by atoms with Crippen LogP contribution in [0.4, 0.5) is 0 Å². The Kier molecular flexibility index (Phi) is 7.60. The number of rotatable bonds is 8. The summed E-state index contributed by atoms with van der Waals surface area (Å²) in [7, 11) is 2.64. The number of nitrogens with one attached hydrogen (secondary N) is 1.